The Labute approximate surface area is 935 Å². The molecular formula is C132H141BIr3N6O2P2Si3-6. The number of hydrogen-bond donors (Lipinski definition) is 0. The second kappa shape index (κ2) is 54.6. The van der Waals surface area contributed by atoms with Crippen LogP contribution >= 0.6 is 14.3 Å². The van der Waals surface area contributed by atoms with Crippen molar-refractivity contribution in [1.29, 1.82) is 0 Å². The Morgan fingerprint density at radius 2 is 0.624 bits per heavy atom. The van der Waals surface area contributed by atoms with Crippen molar-refractivity contribution in [2.24, 2.45) is 10.8 Å². The Bertz CT molecular complexity index is 6930. The van der Waals surface area contributed by atoms with Crippen LogP contribution in [0.2, 0.25) is 58.9 Å². The summed E-state index contributed by atoms with van der Waals surface area (Å²) in [5.74, 6) is 0.428. The molecule has 0 saturated carbocycles. The summed E-state index contributed by atoms with van der Waals surface area (Å²) in [5, 5.41) is 9.26. The smallest absolute Gasteiger partial charge is 0.224 e. The second-order valence-corrected chi connectivity index (χ2v) is 64.0. The van der Waals surface area contributed by atoms with Crippen LogP contribution in [0.5, 0.6) is 0 Å². The van der Waals surface area contributed by atoms with Gasteiger partial charge in [0.1, 0.15) is 0 Å². The molecule has 0 saturated heterocycles. The number of benzene rings is 12. The summed E-state index contributed by atoms with van der Waals surface area (Å²) in [6.07, 6.45) is 16.1. The fourth-order valence-electron chi connectivity index (χ4n) is 18.8. The molecule has 1 atom stereocenters. The number of pyridine rings is 6. The van der Waals surface area contributed by atoms with Gasteiger partial charge in [-0.25, -0.2) is 0 Å². The predicted octanol–water partition coefficient (Wildman–Crippen LogP) is 27.6. The van der Waals surface area contributed by atoms with E-state index in [1.165, 1.54) is 94.9 Å². The molecule has 12 aromatic carbocycles. The quantitative estimate of drug-likeness (QED) is 0.0354. The zero-order chi connectivity index (χ0) is 105. The zero-order valence-electron chi connectivity index (χ0n) is 90.8. The minimum atomic E-state index is -3.05. The summed E-state index contributed by atoms with van der Waals surface area (Å²) in [4.78, 5) is 27.5. The summed E-state index contributed by atoms with van der Waals surface area (Å²) in [6.45, 7) is 53.7. The van der Waals surface area contributed by atoms with E-state index < -0.39 is 38.5 Å². The number of unbranched alkanes of at least 4 members (excludes halogenated alkanes) is 1. The summed E-state index contributed by atoms with van der Waals surface area (Å²) in [6, 6.07) is 135. The monoisotopic (exact) mass is 2580 g/mol. The first-order valence-electron chi connectivity index (χ1n) is 51.0. The van der Waals surface area contributed by atoms with Gasteiger partial charge in [-0.05, 0) is 145 Å². The van der Waals surface area contributed by atoms with Crippen molar-refractivity contribution < 1.29 is 69.4 Å². The predicted molar refractivity (Wildman–Crippen MR) is 634 cm³/mol. The number of aryl methyl sites for hydroxylation is 7. The molecule has 8 nitrogen and oxygen atoms in total. The first-order chi connectivity index (χ1) is 69.7. The van der Waals surface area contributed by atoms with Crippen LogP contribution in [-0.2, 0) is 82.3 Å². The Morgan fingerprint density at radius 1 is 0.315 bits per heavy atom. The molecule has 0 amide bonds. The SMILES string of the molecule is CC(C)(C)Cc1cc(-c2[c-]ccc(P(=O)(c3ccccc3)c3ccccc3)c2)ncc1[Si](C)(C)C.CCCCc1cc(-c2[c-]ccc(P(=O)(c3ccccc3)c3ccccc3)c2)ncc1[Si](C)(C)C.Cc1cc(C)c(B(c2cc[c-]c(-c3cc(C(C)C(C)(C)C)c([Si](C)(C)C)cn3)c2)c2c(C)cc(C)cc2C)c(C)c1.[Ir].[Ir].[Ir].[c-]1ccccc1-c1ccccn1.[c-]1ccccc1-c1ccccn1.[c-]1ccccc1-c1ccccn1. The molecule has 6 heterocycles. The van der Waals surface area contributed by atoms with Crippen LogP contribution in [0.3, 0.4) is 0 Å². The van der Waals surface area contributed by atoms with Crippen molar-refractivity contribution in [3.63, 3.8) is 0 Å². The maximum absolute atomic E-state index is 14.8. The normalized spacial score (nSPS) is 11.6. The van der Waals surface area contributed by atoms with Gasteiger partial charge in [0.2, 0.25) is 6.71 Å². The second-order valence-electron chi connectivity index (χ2n) is 43.3. The van der Waals surface area contributed by atoms with E-state index in [4.69, 9.17) is 15.0 Å². The van der Waals surface area contributed by atoms with Crippen molar-refractivity contribution in [3.8, 4) is 67.5 Å². The molecule has 0 fully saturated rings. The van der Waals surface area contributed by atoms with Gasteiger partial charge >= 0.3 is 0 Å². The summed E-state index contributed by atoms with van der Waals surface area (Å²) in [7, 11) is -10.7. The van der Waals surface area contributed by atoms with Gasteiger partial charge in [-0.15, -0.1) is 197 Å². The fraction of sp³-hybridized carbons (Fsp3) is 0.227. The Morgan fingerprint density at radius 3 is 0.940 bits per heavy atom. The number of rotatable bonds is 23. The largest absolute Gasteiger partial charge is 0.310 e. The van der Waals surface area contributed by atoms with E-state index in [0.717, 1.165) is 112 Å². The van der Waals surface area contributed by atoms with Gasteiger partial charge in [0.05, 0.1) is 24.2 Å². The third-order valence-electron chi connectivity index (χ3n) is 26.4. The van der Waals surface area contributed by atoms with Gasteiger partial charge in [0.25, 0.3) is 0 Å². The minimum absolute atomic E-state index is 0. The van der Waals surface area contributed by atoms with E-state index in [0.29, 0.717) is 5.92 Å². The number of aromatic nitrogens is 6. The molecule has 0 bridgehead atoms. The van der Waals surface area contributed by atoms with E-state index >= 15 is 0 Å². The van der Waals surface area contributed by atoms with Gasteiger partial charge in [0, 0.05) is 119 Å². The van der Waals surface area contributed by atoms with Gasteiger partial charge in [-0.3, -0.25) is 0 Å². The molecule has 0 spiro atoms. The standard InChI is InChI=1S/C38H49BNSi.C31H35NOPSi.C30H33NOPSi.3C11H8N.3Ir/c1-24-17-26(3)36(27(4)18-24)39(37-28(5)19-25(2)20-29(37)6)32-16-14-15-31(21-32)34-22-33(30(7)38(8,9)10)35(23-40-34)41(11,12)13;1-31(2,3)22-25-21-29(32-23-30(25)35(4,5)6)24-14-13-19-28(20-24)34(33,26-15-9-7-10-16-26)27-17-11-8-12-18-27;1-5-6-14-25-22-29(31-23-30(25)34(2,3)4)24-15-13-20-28(21-24)33(32,26-16-9-7-10-17-26)27-18-11-8-12-19-27;3*1-2-6-10(7-3-1)11-8-4-5-9-12-11;;;/h14,16-23,30H,1-13H3;7-13,15-21,23H,22H2,1-6H3;7-13,16-23H,5-6,14H2,1-4H3;3*1-6,8-9H;;;/q6*-1;;;. The van der Waals surface area contributed by atoms with E-state index in [-0.39, 0.29) is 77.9 Å². The molecule has 0 N–H and O–H groups in total. The number of nitrogens with zero attached hydrogens (tertiary/aromatic N) is 6. The van der Waals surface area contributed by atoms with Crippen molar-refractivity contribution in [2.45, 2.75) is 187 Å². The van der Waals surface area contributed by atoms with Crippen LogP contribution in [0.4, 0.5) is 0 Å². The van der Waals surface area contributed by atoms with Crippen LogP contribution in [0.1, 0.15) is 124 Å². The van der Waals surface area contributed by atoms with Crippen LogP contribution in [-0.4, -0.2) is 60.8 Å². The van der Waals surface area contributed by atoms with Crippen LogP contribution in [0.15, 0.2) is 383 Å². The van der Waals surface area contributed by atoms with Gasteiger partial charge in [-0.2, -0.15) is 5.46 Å². The molecule has 18 aromatic rings. The third-order valence-corrected chi connectivity index (χ3v) is 38.7. The maximum atomic E-state index is 14.8. The summed E-state index contributed by atoms with van der Waals surface area (Å²) in [5.41, 5.74) is 28.4. The molecule has 3 radical (unpaired) electrons. The van der Waals surface area contributed by atoms with E-state index in [1.54, 1.807) is 18.6 Å². The van der Waals surface area contributed by atoms with E-state index in [9.17, 15) is 9.13 Å². The molecule has 6 aromatic heterocycles. The molecule has 0 aliphatic rings. The van der Waals surface area contributed by atoms with Gasteiger partial charge < -0.3 is 39.0 Å². The molecule has 17 heteroatoms. The maximum Gasteiger partial charge on any atom is 0.224 e. The van der Waals surface area contributed by atoms with Gasteiger partial charge in [-0.1, -0.05) is 393 Å². The first kappa shape index (κ1) is 120. The Kier molecular flexibility index (Phi) is 43.8. The van der Waals surface area contributed by atoms with Crippen LogP contribution < -0.4 is 63.8 Å². The average Bonchev–Trinajstić information content (AvgIpc) is 0.764. The molecular weight excluding hydrogens is 2440 g/mol. The van der Waals surface area contributed by atoms with Crippen molar-refractivity contribution in [1.82, 2.24) is 29.9 Å². The van der Waals surface area contributed by atoms with Crippen molar-refractivity contribution >= 4 is 109 Å². The molecule has 0 aliphatic carbocycles. The van der Waals surface area contributed by atoms with Crippen LogP contribution in [0, 0.1) is 88.8 Å². The fourth-order valence-corrected chi connectivity index (χ4v) is 29.0. The van der Waals surface area contributed by atoms with Crippen molar-refractivity contribution in [2.75, 3.05) is 0 Å². The zero-order valence-corrected chi connectivity index (χ0v) is 103. The van der Waals surface area contributed by atoms with E-state index in [1.807, 2.05) is 285 Å². The van der Waals surface area contributed by atoms with Crippen molar-refractivity contribution in [3.05, 3.63) is 469 Å². The minimum Gasteiger partial charge on any atom is -0.310 e. The third kappa shape index (κ3) is 31.9. The molecule has 149 heavy (non-hydrogen) atoms. The molecule has 1 unspecified atom stereocenters. The summed E-state index contributed by atoms with van der Waals surface area (Å²) >= 11 is 0. The van der Waals surface area contributed by atoms with Gasteiger partial charge in [0.15, 0.2) is 14.3 Å². The van der Waals surface area contributed by atoms with E-state index in [2.05, 4.69) is 286 Å². The number of hydrogen-bond acceptors (Lipinski definition) is 8. The molecule has 0 aliphatic heterocycles. The topological polar surface area (TPSA) is 111 Å². The molecule has 769 valence electrons. The molecule has 18 rings (SSSR count). The average molecular weight is 2580 g/mol. The Hall–Kier alpha value is -11.3. The summed E-state index contributed by atoms with van der Waals surface area (Å²) < 4.78 is 29.6. The first-order valence-corrected chi connectivity index (χ1v) is 64.9. The Balaban J connectivity index is 0.000000193. The van der Waals surface area contributed by atoms with Crippen LogP contribution in [0.25, 0.3) is 67.5 Å².